The lowest BCUT2D eigenvalue weighted by Crippen LogP contribution is -2.38. The zero-order chi connectivity index (χ0) is 18.8. The summed E-state index contributed by atoms with van der Waals surface area (Å²) in [6, 6.07) is 14.7. The minimum atomic E-state index is -0.884. The first-order chi connectivity index (χ1) is 13.1. The summed E-state index contributed by atoms with van der Waals surface area (Å²) in [4.78, 5) is 26.1. The van der Waals surface area contributed by atoms with Crippen LogP contribution in [0.4, 0.5) is 0 Å². The molecule has 3 aromatic rings. The maximum absolute atomic E-state index is 12.9. The number of rotatable bonds is 4. The van der Waals surface area contributed by atoms with Crippen molar-refractivity contribution in [1.82, 2.24) is 4.90 Å². The van der Waals surface area contributed by atoms with Crippen LogP contribution >= 0.6 is 0 Å². The molecule has 0 spiro atoms. The second-order valence-corrected chi connectivity index (χ2v) is 7.05. The SMILES string of the molecule is O=C(O)c1ccccc1CC1CCN(C(=O)c2coc3ccccc23)CC1. The number of aromatic carboxylic acids is 1. The van der Waals surface area contributed by atoms with E-state index in [9.17, 15) is 14.7 Å². The van der Waals surface area contributed by atoms with Gasteiger partial charge in [0.05, 0.1) is 11.1 Å². The summed E-state index contributed by atoms with van der Waals surface area (Å²) in [7, 11) is 0. The minimum Gasteiger partial charge on any atom is -0.478 e. The molecule has 1 N–H and O–H groups in total. The number of benzene rings is 2. The van der Waals surface area contributed by atoms with E-state index in [1.165, 1.54) is 0 Å². The number of likely N-dealkylation sites (tertiary alicyclic amines) is 1. The lowest BCUT2D eigenvalue weighted by atomic mass is 9.88. The molecular formula is C22H21NO4. The van der Waals surface area contributed by atoms with Crippen molar-refractivity contribution in [2.24, 2.45) is 5.92 Å². The molecule has 5 heteroatoms. The van der Waals surface area contributed by atoms with E-state index >= 15 is 0 Å². The predicted octanol–water partition coefficient (Wildman–Crippen LogP) is 4.23. The minimum absolute atomic E-state index is 0.00401. The van der Waals surface area contributed by atoms with Gasteiger partial charge in [-0.1, -0.05) is 36.4 Å². The molecular weight excluding hydrogens is 342 g/mol. The lowest BCUT2D eigenvalue weighted by molar-refractivity contribution is 0.0691. The number of para-hydroxylation sites is 1. The van der Waals surface area contributed by atoms with Gasteiger partial charge in [0.15, 0.2) is 0 Å². The Morgan fingerprint density at radius 1 is 1.00 bits per heavy atom. The Morgan fingerprint density at radius 2 is 1.70 bits per heavy atom. The summed E-state index contributed by atoms with van der Waals surface area (Å²) in [5, 5.41) is 10.2. The summed E-state index contributed by atoms with van der Waals surface area (Å²) < 4.78 is 5.49. The molecule has 4 rings (SSSR count). The maximum Gasteiger partial charge on any atom is 0.335 e. The lowest BCUT2D eigenvalue weighted by Gasteiger charge is -2.32. The number of amides is 1. The molecule has 0 atom stereocenters. The predicted molar refractivity (Wildman–Crippen MR) is 102 cm³/mol. The molecule has 1 aliphatic heterocycles. The number of fused-ring (bicyclic) bond motifs is 1. The molecule has 2 aromatic carbocycles. The van der Waals surface area contributed by atoms with Crippen molar-refractivity contribution >= 4 is 22.8 Å². The van der Waals surface area contributed by atoms with Gasteiger partial charge in [0, 0.05) is 18.5 Å². The van der Waals surface area contributed by atoms with Crippen LogP contribution in [-0.2, 0) is 6.42 Å². The number of carbonyl (C=O) groups is 2. The molecule has 0 aliphatic carbocycles. The van der Waals surface area contributed by atoms with Crippen LogP contribution in [0.5, 0.6) is 0 Å². The van der Waals surface area contributed by atoms with E-state index in [2.05, 4.69) is 0 Å². The fourth-order valence-corrected chi connectivity index (χ4v) is 3.87. The molecule has 1 saturated heterocycles. The highest BCUT2D eigenvalue weighted by molar-refractivity contribution is 6.05. The third kappa shape index (κ3) is 3.45. The Bertz CT molecular complexity index is 983. The molecule has 138 valence electrons. The zero-order valence-electron chi connectivity index (χ0n) is 14.9. The van der Waals surface area contributed by atoms with E-state index < -0.39 is 5.97 Å². The topological polar surface area (TPSA) is 70.8 Å². The van der Waals surface area contributed by atoms with E-state index in [1.807, 2.05) is 41.3 Å². The average molecular weight is 363 g/mol. The van der Waals surface area contributed by atoms with Crippen LogP contribution in [0.15, 0.2) is 59.2 Å². The molecule has 5 nitrogen and oxygen atoms in total. The van der Waals surface area contributed by atoms with Gasteiger partial charge in [0.25, 0.3) is 5.91 Å². The van der Waals surface area contributed by atoms with Crippen LogP contribution in [0, 0.1) is 5.92 Å². The van der Waals surface area contributed by atoms with Gasteiger partial charge in [0.1, 0.15) is 11.8 Å². The summed E-state index contributed by atoms with van der Waals surface area (Å²) in [6.07, 6.45) is 4.02. The highest BCUT2D eigenvalue weighted by Gasteiger charge is 2.26. The number of nitrogens with zero attached hydrogens (tertiary/aromatic N) is 1. The normalized spacial score (nSPS) is 15.2. The first-order valence-corrected chi connectivity index (χ1v) is 9.20. The van der Waals surface area contributed by atoms with Crippen LogP contribution in [0.1, 0.15) is 39.1 Å². The van der Waals surface area contributed by atoms with Gasteiger partial charge in [-0.2, -0.15) is 0 Å². The van der Waals surface area contributed by atoms with Crippen LogP contribution in [0.3, 0.4) is 0 Å². The van der Waals surface area contributed by atoms with Gasteiger partial charge < -0.3 is 14.4 Å². The zero-order valence-corrected chi connectivity index (χ0v) is 14.9. The van der Waals surface area contributed by atoms with Crippen molar-refractivity contribution in [2.75, 3.05) is 13.1 Å². The molecule has 0 radical (unpaired) electrons. The van der Waals surface area contributed by atoms with Crippen LogP contribution in [-0.4, -0.2) is 35.0 Å². The third-order valence-electron chi connectivity index (χ3n) is 5.37. The first-order valence-electron chi connectivity index (χ1n) is 9.20. The molecule has 1 aromatic heterocycles. The molecule has 0 bridgehead atoms. The molecule has 1 aliphatic rings. The number of furan rings is 1. The van der Waals surface area contributed by atoms with Crippen molar-refractivity contribution in [3.05, 3.63) is 71.5 Å². The van der Waals surface area contributed by atoms with Crippen LogP contribution in [0.25, 0.3) is 11.0 Å². The van der Waals surface area contributed by atoms with E-state index in [-0.39, 0.29) is 5.91 Å². The van der Waals surface area contributed by atoms with E-state index in [0.717, 1.165) is 35.8 Å². The van der Waals surface area contributed by atoms with Gasteiger partial charge in [-0.3, -0.25) is 4.79 Å². The molecule has 1 fully saturated rings. The number of carboxylic acid groups (broad SMARTS) is 1. The van der Waals surface area contributed by atoms with Gasteiger partial charge in [0.2, 0.25) is 0 Å². The number of hydrogen-bond acceptors (Lipinski definition) is 3. The fraction of sp³-hybridized carbons (Fsp3) is 0.273. The van der Waals surface area contributed by atoms with Crippen molar-refractivity contribution < 1.29 is 19.1 Å². The van der Waals surface area contributed by atoms with Crippen molar-refractivity contribution in [2.45, 2.75) is 19.3 Å². The van der Waals surface area contributed by atoms with Gasteiger partial charge in [-0.15, -0.1) is 0 Å². The third-order valence-corrected chi connectivity index (χ3v) is 5.37. The molecule has 0 unspecified atom stereocenters. The smallest absolute Gasteiger partial charge is 0.335 e. The van der Waals surface area contributed by atoms with Crippen LogP contribution < -0.4 is 0 Å². The van der Waals surface area contributed by atoms with Gasteiger partial charge in [-0.05, 0) is 42.9 Å². The summed E-state index contributed by atoms with van der Waals surface area (Å²) in [6.45, 7) is 1.36. The van der Waals surface area contributed by atoms with Gasteiger partial charge >= 0.3 is 5.97 Å². The Labute approximate surface area is 157 Å². The number of carbonyl (C=O) groups excluding carboxylic acids is 1. The molecule has 2 heterocycles. The average Bonchev–Trinajstić information content (AvgIpc) is 3.12. The highest BCUT2D eigenvalue weighted by atomic mass is 16.4. The molecule has 0 saturated carbocycles. The van der Waals surface area contributed by atoms with E-state index in [4.69, 9.17) is 4.42 Å². The first kappa shape index (κ1) is 17.3. The fourth-order valence-electron chi connectivity index (χ4n) is 3.87. The number of piperidine rings is 1. The Balaban J connectivity index is 1.42. The monoisotopic (exact) mass is 363 g/mol. The second kappa shape index (κ2) is 7.27. The largest absolute Gasteiger partial charge is 0.478 e. The second-order valence-electron chi connectivity index (χ2n) is 7.05. The van der Waals surface area contributed by atoms with Crippen molar-refractivity contribution in [3.63, 3.8) is 0 Å². The van der Waals surface area contributed by atoms with E-state index in [1.54, 1.807) is 18.4 Å². The standard InChI is InChI=1S/C22H21NO4/c24-21(19-14-27-20-8-4-3-7-18(19)20)23-11-9-15(10-12-23)13-16-5-1-2-6-17(16)22(25)26/h1-8,14-15H,9-13H2,(H,25,26). The Kier molecular flexibility index (Phi) is 4.67. The van der Waals surface area contributed by atoms with Crippen molar-refractivity contribution in [1.29, 1.82) is 0 Å². The Morgan fingerprint density at radius 3 is 2.48 bits per heavy atom. The van der Waals surface area contributed by atoms with Crippen molar-refractivity contribution in [3.8, 4) is 0 Å². The number of carboxylic acids is 1. The number of hydrogen-bond donors (Lipinski definition) is 1. The summed E-state index contributed by atoms with van der Waals surface area (Å²) in [5.41, 5.74) is 2.58. The van der Waals surface area contributed by atoms with E-state index in [0.29, 0.717) is 30.1 Å². The van der Waals surface area contributed by atoms with Gasteiger partial charge in [-0.25, -0.2) is 4.79 Å². The Hall–Kier alpha value is -3.08. The molecule has 27 heavy (non-hydrogen) atoms. The summed E-state index contributed by atoms with van der Waals surface area (Å²) >= 11 is 0. The highest BCUT2D eigenvalue weighted by Crippen LogP contribution is 2.27. The quantitative estimate of drug-likeness (QED) is 0.753. The molecule has 1 amide bonds. The summed E-state index contributed by atoms with van der Waals surface area (Å²) in [5.74, 6) is -0.495. The maximum atomic E-state index is 12.9. The van der Waals surface area contributed by atoms with Crippen LogP contribution in [0.2, 0.25) is 0 Å².